The van der Waals surface area contributed by atoms with Crippen LogP contribution in [0, 0.1) is 12.7 Å². The molecule has 3 aromatic heterocycles. The summed E-state index contributed by atoms with van der Waals surface area (Å²) in [5, 5.41) is 19.7. The number of hydrogen-bond donors (Lipinski definition) is 2. The average molecular weight is 469 g/mol. The first-order valence-corrected chi connectivity index (χ1v) is 11.4. The second-order valence-corrected chi connectivity index (χ2v) is 9.01. The first-order chi connectivity index (χ1) is 16.3. The summed E-state index contributed by atoms with van der Waals surface area (Å²) in [5.41, 5.74) is 9.20. The quantitative estimate of drug-likeness (QED) is 0.459. The zero-order chi connectivity index (χ0) is 24.1. The standard InChI is InChI=1S/C23H29FN8O2/c1-12(14(3)33)31-13(2)19(10-26-31)30-7-5-6-15(11-30)21-28-22-16-8-17(24)20(34-4)9-18(16)27-23(25)32(22)29-21/h8-10,12,14-15,33H,5-7,11H2,1-4H3,(H2,25,27)/t12-,14-,15+/m0/s1. The topological polar surface area (TPSA) is 120 Å². The van der Waals surface area contributed by atoms with E-state index in [9.17, 15) is 9.50 Å². The van der Waals surface area contributed by atoms with Gasteiger partial charge in [0.2, 0.25) is 5.95 Å². The van der Waals surface area contributed by atoms with Gasteiger partial charge in [-0.15, -0.1) is 5.10 Å². The van der Waals surface area contributed by atoms with Crippen molar-refractivity contribution in [3.63, 3.8) is 0 Å². The molecule has 0 aliphatic carbocycles. The van der Waals surface area contributed by atoms with Gasteiger partial charge in [-0.25, -0.2) is 14.4 Å². The van der Waals surface area contributed by atoms with Crippen LogP contribution >= 0.6 is 0 Å². The minimum absolute atomic E-state index is 0.0723. The maximum absolute atomic E-state index is 14.4. The van der Waals surface area contributed by atoms with Crippen LogP contribution in [0.4, 0.5) is 16.0 Å². The molecule has 3 atom stereocenters. The van der Waals surface area contributed by atoms with Crippen LogP contribution in [0.5, 0.6) is 5.75 Å². The fourth-order valence-corrected chi connectivity index (χ4v) is 4.72. The van der Waals surface area contributed by atoms with Crippen molar-refractivity contribution in [3.05, 3.63) is 35.7 Å². The van der Waals surface area contributed by atoms with E-state index in [4.69, 9.17) is 15.5 Å². The van der Waals surface area contributed by atoms with E-state index in [0.717, 1.165) is 37.3 Å². The molecule has 34 heavy (non-hydrogen) atoms. The van der Waals surface area contributed by atoms with Crippen LogP contribution in [-0.2, 0) is 0 Å². The number of benzene rings is 1. The number of aromatic nitrogens is 6. The number of aliphatic hydroxyl groups is 1. The summed E-state index contributed by atoms with van der Waals surface area (Å²) in [6, 6.07) is 2.77. The summed E-state index contributed by atoms with van der Waals surface area (Å²) in [7, 11) is 1.41. The summed E-state index contributed by atoms with van der Waals surface area (Å²) in [4.78, 5) is 11.4. The van der Waals surface area contributed by atoms with Gasteiger partial charge in [0.05, 0.1) is 42.4 Å². The number of piperidine rings is 1. The molecule has 180 valence electrons. The molecule has 4 heterocycles. The van der Waals surface area contributed by atoms with Crippen LogP contribution < -0.4 is 15.4 Å². The predicted molar refractivity (Wildman–Crippen MR) is 127 cm³/mol. The van der Waals surface area contributed by atoms with E-state index >= 15 is 0 Å². The van der Waals surface area contributed by atoms with Gasteiger partial charge in [0.1, 0.15) is 0 Å². The van der Waals surface area contributed by atoms with Crippen LogP contribution in [-0.4, -0.2) is 60.8 Å². The van der Waals surface area contributed by atoms with Crippen LogP contribution in [0.2, 0.25) is 0 Å². The summed E-state index contributed by atoms with van der Waals surface area (Å²) in [6.45, 7) is 7.37. The largest absolute Gasteiger partial charge is 0.494 e. The van der Waals surface area contributed by atoms with Crippen molar-refractivity contribution >= 4 is 28.2 Å². The lowest BCUT2D eigenvalue weighted by Crippen LogP contribution is -2.35. The molecule has 0 radical (unpaired) electrons. The Morgan fingerprint density at radius 1 is 1.26 bits per heavy atom. The molecule has 3 N–H and O–H groups in total. The van der Waals surface area contributed by atoms with Crippen molar-refractivity contribution in [1.29, 1.82) is 0 Å². The number of nitrogens with zero attached hydrogens (tertiary/aromatic N) is 7. The number of ether oxygens (including phenoxy) is 1. The molecular weight excluding hydrogens is 439 g/mol. The van der Waals surface area contributed by atoms with Gasteiger partial charge in [-0.1, -0.05) is 0 Å². The zero-order valence-corrected chi connectivity index (χ0v) is 19.7. The van der Waals surface area contributed by atoms with Crippen LogP contribution in [0.15, 0.2) is 18.3 Å². The number of anilines is 2. The summed E-state index contributed by atoms with van der Waals surface area (Å²) in [6.07, 6.45) is 3.26. The van der Waals surface area contributed by atoms with Gasteiger partial charge in [0.15, 0.2) is 23.0 Å². The smallest absolute Gasteiger partial charge is 0.223 e. The highest BCUT2D eigenvalue weighted by Crippen LogP contribution is 2.33. The van der Waals surface area contributed by atoms with E-state index in [-0.39, 0.29) is 23.7 Å². The summed E-state index contributed by atoms with van der Waals surface area (Å²) in [5.74, 6) is 0.530. The SMILES string of the molecule is COc1cc2nc(N)n3nc([C@@H]4CCCN(c5cnn([C@@H](C)[C@H](C)O)c5C)C4)nc3c2cc1F. The second-order valence-electron chi connectivity index (χ2n) is 9.01. The maximum Gasteiger partial charge on any atom is 0.223 e. The molecule has 1 aromatic carbocycles. The monoisotopic (exact) mass is 468 g/mol. The van der Waals surface area contributed by atoms with Crippen molar-refractivity contribution < 1.29 is 14.2 Å². The van der Waals surface area contributed by atoms with Crippen LogP contribution in [0.1, 0.15) is 50.2 Å². The van der Waals surface area contributed by atoms with E-state index < -0.39 is 11.9 Å². The Morgan fingerprint density at radius 3 is 2.79 bits per heavy atom. The number of rotatable bonds is 5. The van der Waals surface area contributed by atoms with Crippen molar-refractivity contribution in [2.45, 2.75) is 51.7 Å². The molecule has 4 aromatic rings. The molecule has 1 saturated heterocycles. The number of hydrogen-bond acceptors (Lipinski definition) is 8. The van der Waals surface area contributed by atoms with E-state index in [1.807, 2.05) is 24.7 Å². The van der Waals surface area contributed by atoms with Gasteiger partial charge in [0.25, 0.3) is 0 Å². The Morgan fingerprint density at radius 2 is 2.06 bits per heavy atom. The lowest BCUT2D eigenvalue weighted by Gasteiger charge is -2.33. The Bertz CT molecular complexity index is 1360. The zero-order valence-electron chi connectivity index (χ0n) is 19.7. The third kappa shape index (κ3) is 3.60. The molecule has 5 rings (SSSR count). The number of methoxy groups -OCH3 is 1. The minimum Gasteiger partial charge on any atom is -0.494 e. The Kier molecular flexibility index (Phi) is 5.51. The normalized spacial score (nSPS) is 18.5. The van der Waals surface area contributed by atoms with E-state index in [1.165, 1.54) is 23.8 Å². The predicted octanol–water partition coefficient (Wildman–Crippen LogP) is 2.84. The summed E-state index contributed by atoms with van der Waals surface area (Å²) >= 11 is 0. The van der Waals surface area contributed by atoms with Crippen molar-refractivity contribution in [2.75, 3.05) is 30.8 Å². The molecule has 0 bridgehead atoms. The minimum atomic E-state index is -0.499. The number of nitrogens with two attached hydrogens (primary N) is 1. The van der Waals surface area contributed by atoms with Gasteiger partial charge in [-0.3, -0.25) is 4.68 Å². The van der Waals surface area contributed by atoms with Gasteiger partial charge in [0, 0.05) is 30.5 Å². The molecule has 0 spiro atoms. The lowest BCUT2D eigenvalue weighted by molar-refractivity contribution is 0.131. The van der Waals surface area contributed by atoms with Crippen molar-refractivity contribution in [2.24, 2.45) is 0 Å². The van der Waals surface area contributed by atoms with E-state index in [2.05, 4.69) is 20.1 Å². The molecule has 0 unspecified atom stereocenters. The third-order valence-corrected chi connectivity index (χ3v) is 6.82. The number of nitrogen functional groups attached to an aromatic ring is 1. The molecule has 0 saturated carbocycles. The first kappa shape index (κ1) is 22.3. The third-order valence-electron chi connectivity index (χ3n) is 6.82. The van der Waals surface area contributed by atoms with Crippen LogP contribution in [0.3, 0.4) is 0 Å². The van der Waals surface area contributed by atoms with Crippen molar-refractivity contribution in [3.8, 4) is 5.75 Å². The molecule has 1 aliphatic heterocycles. The number of aliphatic hydroxyl groups excluding tert-OH is 1. The fraction of sp³-hybridized carbons (Fsp3) is 0.478. The lowest BCUT2D eigenvalue weighted by atomic mass is 9.97. The second kappa shape index (κ2) is 8.39. The van der Waals surface area contributed by atoms with Gasteiger partial charge in [-0.05, 0) is 39.7 Å². The van der Waals surface area contributed by atoms with Gasteiger partial charge in [-0.2, -0.15) is 9.61 Å². The summed E-state index contributed by atoms with van der Waals surface area (Å²) < 4.78 is 22.8. The highest BCUT2D eigenvalue weighted by atomic mass is 19.1. The van der Waals surface area contributed by atoms with E-state index in [0.29, 0.717) is 22.4 Å². The molecular formula is C23H29FN8O2. The number of halogens is 1. The highest BCUT2D eigenvalue weighted by Gasteiger charge is 2.28. The molecule has 1 fully saturated rings. The molecule has 11 heteroatoms. The Hall–Kier alpha value is -3.47. The molecule has 10 nitrogen and oxygen atoms in total. The Labute approximate surface area is 196 Å². The Balaban J connectivity index is 1.49. The fourth-order valence-electron chi connectivity index (χ4n) is 4.72. The van der Waals surface area contributed by atoms with Gasteiger partial charge < -0.3 is 20.5 Å². The van der Waals surface area contributed by atoms with Gasteiger partial charge >= 0.3 is 0 Å². The number of fused-ring (bicyclic) bond motifs is 3. The van der Waals surface area contributed by atoms with Crippen molar-refractivity contribution in [1.82, 2.24) is 29.4 Å². The van der Waals surface area contributed by atoms with Crippen LogP contribution in [0.25, 0.3) is 16.6 Å². The maximum atomic E-state index is 14.4. The molecule has 1 aliphatic rings. The molecule has 0 amide bonds. The highest BCUT2D eigenvalue weighted by molar-refractivity contribution is 5.93. The first-order valence-electron chi connectivity index (χ1n) is 11.4. The average Bonchev–Trinajstić information content (AvgIpc) is 3.44. The van der Waals surface area contributed by atoms with E-state index in [1.54, 1.807) is 6.92 Å².